The standard InChI is InChI=1S/C6H13NS/c1-3-4-5-7-6(2)8/h7-8H,2-5H2,1H3. The van der Waals surface area contributed by atoms with Gasteiger partial charge < -0.3 is 5.32 Å². The number of thiol groups is 1. The first-order valence-corrected chi connectivity index (χ1v) is 3.34. The summed E-state index contributed by atoms with van der Waals surface area (Å²) in [5.74, 6) is 0. The van der Waals surface area contributed by atoms with Crippen LogP contribution in [0.4, 0.5) is 0 Å². The number of rotatable bonds is 4. The first-order chi connectivity index (χ1) is 3.77. The summed E-state index contributed by atoms with van der Waals surface area (Å²) in [7, 11) is 0. The van der Waals surface area contributed by atoms with Crippen LogP contribution in [-0.4, -0.2) is 6.54 Å². The Labute approximate surface area is 56.6 Å². The van der Waals surface area contributed by atoms with Crippen LogP contribution in [0.5, 0.6) is 0 Å². The van der Waals surface area contributed by atoms with E-state index < -0.39 is 0 Å². The highest BCUT2D eigenvalue weighted by Crippen LogP contribution is 1.89. The molecule has 0 heterocycles. The molecule has 0 rings (SSSR count). The molecule has 0 aromatic heterocycles. The van der Waals surface area contributed by atoms with Crippen LogP contribution in [0.1, 0.15) is 19.8 Å². The van der Waals surface area contributed by atoms with Gasteiger partial charge in [0.25, 0.3) is 0 Å². The van der Waals surface area contributed by atoms with Crippen molar-refractivity contribution in [3.8, 4) is 0 Å². The summed E-state index contributed by atoms with van der Waals surface area (Å²) < 4.78 is 0. The minimum Gasteiger partial charge on any atom is -0.381 e. The summed E-state index contributed by atoms with van der Waals surface area (Å²) in [4.78, 5) is 0. The molecule has 1 nitrogen and oxygen atoms in total. The third kappa shape index (κ3) is 5.89. The summed E-state index contributed by atoms with van der Waals surface area (Å²) in [6, 6.07) is 0. The molecule has 0 saturated heterocycles. The molecular formula is C6H13NS. The molecule has 2 heteroatoms. The van der Waals surface area contributed by atoms with Crippen molar-refractivity contribution >= 4 is 12.6 Å². The van der Waals surface area contributed by atoms with Crippen LogP contribution in [0.2, 0.25) is 0 Å². The van der Waals surface area contributed by atoms with Crippen LogP contribution in [0.25, 0.3) is 0 Å². The summed E-state index contributed by atoms with van der Waals surface area (Å²) in [5, 5.41) is 3.78. The van der Waals surface area contributed by atoms with Gasteiger partial charge in [-0.2, -0.15) is 0 Å². The minimum atomic E-state index is 0.762. The van der Waals surface area contributed by atoms with E-state index in [1.165, 1.54) is 12.8 Å². The van der Waals surface area contributed by atoms with Gasteiger partial charge >= 0.3 is 0 Å². The van der Waals surface area contributed by atoms with E-state index in [-0.39, 0.29) is 0 Å². The second kappa shape index (κ2) is 5.04. The van der Waals surface area contributed by atoms with E-state index in [0.717, 1.165) is 11.6 Å². The van der Waals surface area contributed by atoms with Crippen LogP contribution >= 0.6 is 12.6 Å². The third-order valence-electron chi connectivity index (χ3n) is 0.859. The van der Waals surface area contributed by atoms with Crippen LogP contribution in [-0.2, 0) is 0 Å². The van der Waals surface area contributed by atoms with Crippen molar-refractivity contribution in [1.29, 1.82) is 0 Å². The molecule has 48 valence electrons. The van der Waals surface area contributed by atoms with Gasteiger partial charge in [0.2, 0.25) is 0 Å². The van der Waals surface area contributed by atoms with Gasteiger partial charge in [0, 0.05) is 6.54 Å². The number of hydrogen-bond acceptors (Lipinski definition) is 2. The zero-order chi connectivity index (χ0) is 6.41. The Bertz CT molecular complexity index is 70.9. The fraction of sp³-hybridized carbons (Fsp3) is 0.667. The van der Waals surface area contributed by atoms with Crippen molar-refractivity contribution in [2.45, 2.75) is 19.8 Å². The van der Waals surface area contributed by atoms with Crippen LogP contribution in [0.15, 0.2) is 11.6 Å². The predicted molar refractivity (Wildman–Crippen MR) is 41.0 cm³/mol. The maximum Gasteiger partial charge on any atom is 0.0577 e. The summed E-state index contributed by atoms with van der Waals surface area (Å²) in [5.41, 5.74) is 0. The molecule has 0 aromatic carbocycles. The molecule has 8 heavy (non-hydrogen) atoms. The van der Waals surface area contributed by atoms with Crippen LogP contribution < -0.4 is 5.32 Å². The lowest BCUT2D eigenvalue weighted by Crippen LogP contribution is -2.09. The Morgan fingerprint density at radius 1 is 1.75 bits per heavy atom. The Hall–Kier alpha value is -0.110. The maximum atomic E-state index is 3.97. The minimum absolute atomic E-state index is 0.762. The topological polar surface area (TPSA) is 12.0 Å². The zero-order valence-electron chi connectivity index (χ0n) is 5.28. The first kappa shape index (κ1) is 7.89. The van der Waals surface area contributed by atoms with Crippen LogP contribution in [0, 0.1) is 0 Å². The van der Waals surface area contributed by atoms with Crippen molar-refractivity contribution in [2.75, 3.05) is 6.54 Å². The average Bonchev–Trinajstić information content (AvgIpc) is 1.66. The molecule has 0 saturated carbocycles. The molecule has 0 spiro atoms. The highest BCUT2D eigenvalue weighted by Gasteiger charge is 1.81. The molecule has 0 radical (unpaired) electrons. The fourth-order valence-electron chi connectivity index (χ4n) is 0.409. The highest BCUT2D eigenvalue weighted by atomic mass is 32.1. The van der Waals surface area contributed by atoms with Gasteiger partial charge in [-0.05, 0) is 6.42 Å². The van der Waals surface area contributed by atoms with Crippen molar-refractivity contribution in [3.05, 3.63) is 11.6 Å². The quantitative estimate of drug-likeness (QED) is 0.438. The summed E-state index contributed by atoms with van der Waals surface area (Å²) in [6.07, 6.45) is 2.41. The van der Waals surface area contributed by atoms with Gasteiger partial charge in [0.1, 0.15) is 0 Å². The molecule has 0 fully saturated rings. The fourth-order valence-corrected chi connectivity index (χ4v) is 0.521. The van der Waals surface area contributed by atoms with Crippen molar-refractivity contribution in [1.82, 2.24) is 5.32 Å². The van der Waals surface area contributed by atoms with Gasteiger partial charge in [-0.3, -0.25) is 0 Å². The Morgan fingerprint density at radius 2 is 2.38 bits per heavy atom. The SMILES string of the molecule is C=C(S)NCCCC. The normalized spacial score (nSPS) is 8.75. The third-order valence-corrected chi connectivity index (χ3v) is 1.02. The molecule has 0 aliphatic carbocycles. The van der Waals surface area contributed by atoms with Crippen molar-refractivity contribution < 1.29 is 0 Å². The van der Waals surface area contributed by atoms with E-state index in [1.54, 1.807) is 0 Å². The Balaban J connectivity index is 2.82. The van der Waals surface area contributed by atoms with Gasteiger partial charge in [-0.15, -0.1) is 12.6 Å². The lowest BCUT2D eigenvalue weighted by atomic mass is 10.3. The second-order valence-corrected chi connectivity index (χ2v) is 2.27. The monoisotopic (exact) mass is 131 g/mol. The summed E-state index contributed by atoms with van der Waals surface area (Å²) >= 11 is 3.97. The molecule has 0 unspecified atom stereocenters. The Kier molecular flexibility index (Phi) is 4.97. The molecule has 0 bridgehead atoms. The van der Waals surface area contributed by atoms with E-state index in [4.69, 9.17) is 0 Å². The number of hydrogen-bond donors (Lipinski definition) is 2. The van der Waals surface area contributed by atoms with Crippen molar-refractivity contribution in [3.63, 3.8) is 0 Å². The smallest absolute Gasteiger partial charge is 0.0577 e. The molecule has 0 aromatic rings. The van der Waals surface area contributed by atoms with E-state index >= 15 is 0 Å². The largest absolute Gasteiger partial charge is 0.381 e. The summed E-state index contributed by atoms with van der Waals surface area (Å²) in [6.45, 7) is 6.73. The van der Waals surface area contributed by atoms with E-state index in [0.29, 0.717) is 0 Å². The first-order valence-electron chi connectivity index (χ1n) is 2.89. The lowest BCUT2D eigenvalue weighted by molar-refractivity contribution is 0.731. The number of unbranched alkanes of at least 4 members (excludes halogenated alkanes) is 1. The molecule has 0 atom stereocenters. The van der Waals surface area contributed by atoms with E-state index in [1.807, 2.05) is 0 Å². The van der Waals surface area contributed by atoms with Gasteiger partial charge in [-0.25, -0.2) is 0 Å². The van der Waals surface area contributed by atoms with Gasteiger partial charge in [-0.1, -0.05) is 19.9 Å². The maximum absolute atomic E-state index is 3.97. The molecular weight excluding hydrogens is 118 g/mol. The molecule has 1 N–H and O–H groups in total. The average molecular weight is 131 g/mol. The van der Waals surface area contributed by atoms with Gasteiger partial charge in [0.05, 0.1) is 5.03 Å². The molecule has 0 amide bonds. The lowest BCUT2D eigenvalue weighted by Gasteiger charge is -2.00. The second-order valence-electron chi connectivity index (χ2n) is 1.73. The van der Waals surface area contributed by atoms with Crippen LogP contribution in [0.3, 0.4) is 0 Å². The predicted octanol–water partition coefficient (Wildman–Crippen LogP) is 1.78. The van der Waals surface area contributed by atoms with E-state index in [9.17, 15) is 0 Å². The van der Waals surface area contributed by atoms with Crippen molar-refractivity contribution in [2.24, 2.45) is 0 Å². The zero-order valence-corrected chi connectivity index (χ0v) is 6.17. The molecule has 0 aliphatic rings. The van der Waals surface area contributed by atoms with Gasteiger partial charge in [0.15, 0.2) is 0 Å². The number of nitrogens with one attached hydrogen (secondary N) is 1. The molecule has 0 aliphatic heterocycles. The highest BCUT2D eigenvalue weighted by molar-refractivity contribution is 7.84. The Morgan fingerprint density at radius 3 is 2.75 bits per heavy atom. The van der Waals surface area contributed by atoms with E-state index in [2.05, 4.69) is 31.4 Å².